The molecule has 6 N–H and O–H groups in total. The highest BCUT2D eigenvalue weighted by atomic mass is 16.6. The first kappa shape index (κ1) is 34.3. The number of ether oxygens (including phenoxy) is 2. The number of phenolic OH excluding ortho intramolecular Hbond substituents is 1. The number of carbonyl (C=O) groups excluding carboxylic acids is 5. The lowest BCUT2D eigenvalue weighted by Crippen LogP contribution is -2.58. The number of Topliss-reactive ketones (excluding diaryl/α,β-unsaturated/α-hetero) is 2. The number of primary amides is 1. The average Bonchev–Trinajstić information content (AvgIpc) is 2.92. The van der Waals surface area contributed by atoms with E-state index in [1.165, 1.54) is 11.8 Å². The third-order valence-corrected chi connectivity index (χ3v) is 8.50. The summed E-state index contributed by atoms with van der Waals surface area (Å²) in [6.07, 6.45) is -0.993. The van der Waals surface area contributed by atoms with Gasteiger partial charge in [0.05, 0.1) is 12.1 Å². The van der Waals surface area contributed by atoms with Gasteiger partial charge in [-0.05, 0) is 35.8 Å². The Hall–Kier alpha value is -4.59. The Labute approximate surface area is 266 Å². The van der Waals surface area contributed by atoms with Crippen molar-refractivity contribution in [2.45, 2.75) is 59.1 Å². The zero-order valence-corrected chi connectivity index (χ0v) is 26.8. The van der Waals surface area contributed by atoms with Crippen LogP contribution in [0.1, 0.15) is 57.2 Å². The molecule has 1 aromatic carbocycles. The van der Waals surface area contributed by atoms with Crippen LogP contribution in [0.3, 0.4) is 0 Å². The van der Waals surface area contributed by atoms with Crippen LogP contribution in [0.2, 0.25) is 0 Å². The molecule has 3 atom stereocenters. The van der Waals surface area contributed by atoms with Crippen LogP contribution < -0.4 is 10.6 Å². The summed E-state index contributed by atoms with van der Waals surface area (Å²) < 4.78 is 10.1. The highest BCUT2D eigenvalue weighted by Crippen LogP contribution is 2.53. The quantitative estimate of drug-likeness (QED) is 0.156. The van der Waals surface area contributed by atoms with E-state index in [1.807, 2.05) is 20.8 Å². The fourth-order valence-electron chi connectivity index (χ4n) is 6.61. The largest absolute Gasteiger partial charge is 0.508 e. The Morgan fingerprint density at radius 1 is 1.07 bits per heavy atom. The summed E-state index contributed by atoms with van der Waals surface area (Å²) in [4.78, 5) is 65.8. The number of anilines is 1. The topological polar surface area (TPSA) is 217 Å². The van der Waals surface area contributed by atoms with Crippen molar-refractivity contribution in [1.82, 2.24) is 4.90 Å². The Kier molecular flexibility index (Phi) is 9.17. The second-order valence-corrected chi connectivity index (χ2v) is 13.4. The molecule has 0 radical (unpaired) electrons. The van der Waals surface area contributed by atoms with Gasteiger partial charge in [0.15, 0.2) is 11.4 Å². The van der Waals surface area contributed by atoms with Gasteiger partial charge in [0.25, 0.3) is 5.91 Å². The van der Waals surface area contributed by atoms with Gasteiger partial charge in [-0.15, -0.1) is 0 Å². The van der Waals surface area contributed by atoms with Crippen LogP contribution in [0.15, 0.2) is 23.0 Å². The Balaban J connectivity index is 1.81. The molecule has 0 heterocycles. The number of hydrogen-bond donors (Lipinski definition) is 5. The van der Waals surface area contributed by atoms with E-state index in [9.17, 15) is 44.4 Å². The Morgan fingerprint density at radius 3 is 2.26 bits per heavy atom. The van der Waals surface area contributed by atoms with Crippen LogP contribution in [-0.4, -0.2) is 94.3 Å². The van der Waals surface area contributed by atoms with Gasteiger partial charge in [-0.1, -0.05) is 20.8 Å². The van der Waals surface area contributed by atoms with Crippen LogP contribution in [0, 0.1) is 17.3 Å². The van der Waals surface area contributed by atoms with Crippen LogP contribution in [-0.2, 0) is 41.6 Å². The van der Waals surface area contributed by atoms with E-state index in [-0.39, 0.29) is 55.8 Å². The number of fused-ring (bicyclic) bond motifs is 3. The van der Waals surface area contributed by atoms with E-state index in [2.05, 4.69) is 0 Å². The van der Waals surface area contributed by atoms with Gasteiger partial charge in [-0.25, -0.2) is 4.79 Å². The third-order valence-electron chi connectivity index (χ3n) is 8.50. The maximum atomic E-state index is 13.9. The summed E-state index contributed by atoms with van der Waals surface area (Å²) in [5, 5.41) is 45.6. The van der Waals surface area contributed by atoms with Crippen LogP contribution in [0.5, 0.6) is 5.75 Å². The maximum Gasteiger partial charge on any atom is 0.410 e. The van der Waals surface area contributed by atoms with Crippen molar-refractivity contribution in [2.24, 2.45) is 23.0 Å². The molecule has 0 bridgehead atoms. The monoisotopic (exact) mass is 643 g/mol. The first-order chi connectivity index (χ1) is 21.3. The smallest absolute Gasteiger partial charge is 0.410 e. The number of nitrogens with zero attached hydrogens (tertiary/aromatic N) is 2. The first-order valence-electron chi connectivity index (χ1n) is 14.9. The SMILES string of the molecule is CC(=O)OCCOC(=O)N(Cc1cc(N(C)C)c2c(c1O)C(O)=C1C(=O)[C@]3(O)C(O)=C(C(N)=O)C(=O)C[C@@H]3C[C@@H]1C2)CC(C)(C)C. The van der Waals surface area contributed by atoms with Gasteiger partial charge in [-0.2, -0.15) is 0 Å². The molecule has 2 amide bonds. The zero-order valence-electron chi connectivity index (χ0n) is 26.8. The number of ketones is 2. The summed E-state index contributed by atoms with van der Waals surface area (Å²) >= 11 is 0. The molecule has 0 unspecified atom stereocenters. The number of aromatic hydroxyl groups is 1. The molecule has 14 heteroatoms. The molecule has 0 aliphatic heterocycles. The van der Waals surface area contributed by atoms with Crippen molar-refractivity contribution >= 4 is 41.0 Å². The molecule has 1 aromatic rings. The van der Waals surface area contributed by atoms with Crippen molar-refractivity contribution < 1.29 is 53.9 Å². The number of nitrogens with two attached hydrogens (primary N) is 1. The van der Waals surface area contributed by atoms with Crippen molar-refractivity contribution in [1.29, 1.82) is 0 Å². The van der Waals surface area contributed by atoms with E-state index in [0.717, 1.165) is 0 Å². The molecule has 0 spiro atoms. The lowest BCUT2D eigenvalue weighted by atomic mass is 9.59. The number of phenols is 1. The highest BCUT2D eigenvalue weighted by molar-refractivity contribution is 6.22. The number of hydrogen-bond acceptors (Lipinski definition) is 12. The lowest BCUT2D eigenvalue weighted by Gasteiger charge is -2.46. The summed E-state index contributed by atoms with van der Waals surface area (Å²) in [5.41, 5.74) is 2.30. The molecular formula is C32H41N3O11. The Bertz CT molecular complexity index is 1570. The first-order valence-corrected chi connectivity index (χ1v) is 14.9. The van der Waals surface area contributed by atoms with Gasteiger partial charge in [0.2, 0.25) is 5.78 Å². The van der Waals surface area contributed by atoms with E-state index < -0.39 is 81.6 Å². The highest BCUT2D eigenvalue weighted by Gasteiger charge is 2.60. The van der Waals surface area contributed by atoms with Gasteiger partial charge in [0.1, 0.15) is 36.1 Å². The molecule has 3 aliphatic carbocycles. The van der Waals surface area contributed by atoms with Gasteiger partial charge in [0, 0.05) is 56.7 Å². The summed E-state index contributed by atoms with van der Waals surface area (Å²) in [6.45, 7) is 6.64. The predicted molar refractivity (Wildman–Crippen MR) is 164 cm³/mol. The fourth-order valence-corrected chi connectivity index (χ4v) is 6.61. The van der Waals surface area contributed by atoms with E-state index >= 15 is 0 Å². The van der Waals surface area contributed by atoms with Gasteiger partial charge >= 0.3 is 12.1 Å². The molecule has 4 rings (SSSR count). The normalized spacial score (nSPS) is 22.5. The molecule has 1 saturated carbocycles. The maximum absolute atomic E-state index is 13.9. The standard InChI is InChI=1S/C32H41N3O11/c1-15(36)45-7-8-46-30(43)35(14-31(2,3)4)13-17-11-20(34(5)6)19-10-16-9-18-12-21(37)24(29(33)42)28(41)32(18,44)27(40)22(16)26(39)23(19)25(17)38/h11,16,18,38-39,41,44H,7-10,12-14H2,1-6H3,(H2,33,42)/t16-,18+,32+/m1/s1. The molecule has 14 nitrogen and oxygen atoms in total. The predicted octanol–water partition coefficient (Wildman–Crippen LogP) is 2.04. The summed E-state index contributed by atoms with van der Waals surface area (Å²) in [6, 6.07) is 1.67. The molecule has 0 saturated heterocycles. The number of aliphatic hydroxyl groups is 3. The zero-order chi connectivity index (χ0) is 34.5. The molecular weight excluding hydrogens is 602 g/mol. The molecule has 3 aliphatic rings. The number of esters is 1. The minimum atomic E-state index is -2.67. The Morgan fingerprint density at radius 2 is 1.70 bits per heavy atom. The number of rotatable bonds is 8. The molecule has 1 fully saturated rings. The third kappa shape index (κ3) is 6.13. The van der Waals surface area contributed by atoms with Crippen LogP contribution in [0.25, 0.3) is 5.76 Å². The van der Waals surface area contributed by atoms with E-state index in [1.54, 1.807) is 25.1 Å². The van der Waals surface area contributed by atoms with Crippen molar-refractivity contribution in [3.63, 3.8) is 0 Å². The average molecular weight is 644 g/mol. The lowest BCUT2D eigenvalue weighted by molar-refractivity contribution is -0.147. The minimum absolute atomic E-state index is 0.0108. The van der Waals surface area contributed by atoms with Crippen molar-refractivity contribution in [3.05, 3.63) is 39.7 Å². The van der Waals surface area contributed by atoms with Crippen molar-refractivity contribution in [3.8, 4) is 5.75 Å². The molecule has 250 valence electrons. The summed E-state index contributed by atoms with van der Waals surface area (Å²) in [7, 11) is 3.50. The molecule has 46 heavy (non-hydrogen) atoms. The number of amides is 2. The summed E-state index contributed by atoms with van der Waals surface area (Å²) in [5.74, 6) is -7.64. The van der Waals surface area contributed by atoms with E-state index in [0.29, 0.717) is 11.3 Å². The number of benzene rings is 1. The second-order valence-electron chi connectivity index (χ2n) is 13.4. The van der Waals surface area contributed by atoms with Crippen LogP contribution in [0.4, 0.5) is 10.5 Å². The molecule has 0 aromatic heterocycles. The van der Waals surface area contributed by atoms with Crippen LogP contribution >= 0.6 is 0 Å². The number of carbonyl (C=O) groups is 5. The second kappa shape index (κ2) is 12.3. The fraction of sp³-hybridized carbons (Fsp3) is 0.531. The minimum Gasteiger partial charge on any atom is -0.508 e. The van der Waals surface area contributed by atoms with Gasteiger partial charge < -0.3 is 45.4 Å². The van der Waals surface area contributed by atoms with Gasteiger partial charge in [-0.3, -0.25) is 19.2 Å². The number of aliphatic hydroxyl groups excluding tert-OH is 2. The van der Waals surface area contributed by atoms with Crippen molar-refractivity contribution in [2.75, 3.05) is 38.8 Å². The van der Waals surface area contributed by atoms with E-state index in [4.69, 9.17) is 15.2 Å².